The van der Waals surface area contributed by atoms with Crippen molar-refractivity contribution in [2.24, 2.45) is 30.0 Å². The quantitative estimate of drug-likeness (QED) is 0.0513. The standard InChI is InChI=1S/C60H62N8O4Si3/c1-11-13-15-17-19-29-39-69-73(41(3)4,42(5)6)71-75(72-74(43(7)8,44(9)10)70-40-30-20-18-16-14-12-2)67-57-49-35-25-26-36-50(49)59(67)65-55-47-33-23-24-34-48(47)56(62-55)66-60-52-38-28-27-37-51(52)58(68(60)75)64-54-46-32-22-21-31-45(46)53(61-54)63-57/h1,21-28,31-38,41-44H,12,14,16,18,20,30,40H2,2-10H3/b63-53-,63-57?,64-54?,64-58-,65-55-,65-59?,66-56?,66-60-. The van der Waals surface area contributed by atoms with Crippen molar-refractivity contribution in [2.75, 3.05) is 6.61 Å². The van der Waals surface area contributed by atoms with E-state index in [1.165, 1.54) is 19.3 Å². The van der Waals surface area contributed by atoms with Crippen LogP contribution in [0.3, 0.4) is 0 Å². The molecular weight excluding hydrogens is 981 g/mol. The summed E-state index contributed by atoms with van der Waals surface area (Å²) >= 11 is 0. The zero-order chi connectivity index (χ0) is 52.5. The fourth-order valence-corrected chi connectivity index (χ4v) is 26.8. The third kappa shape index (κ3) is 8.98. The van der Waals surface area contributed by atoms with Crippen LogP contribution in [0.2, 0.25) is 22.2 Å². The number of aromatic nitrogens is 2. The molecule has 75 heavy (non-hydrogen) atoms. The van der Waals surface area contributed by atoms with Gasteiger partial charge >= 0.3 is 26.0 Å². The topological polar surface area (TPSA) is 121 Å². The summed E-state index contributed by atoms with van der Waals surface area (Å²) in [5, 5.41) is 3.27. The second kappa shape index (κ2) is 21.2. The van der Waals surface area contributed by atoms with Gasteiger partial charge in [-0.3, -0.25) is 8.47 Å². The summed E-state index contributed by atoms with van der Waals surface area (Å²) in [6.07, 6.45) is 15.1. The average molecular weight is 1040 g/mol. The van der Waals surface area contributed by atoms with Crippen LogP contribution in [0.4, 0.5) is 11.6 Å². The lowest BCUT2D eigenvalue weighted by Gasteiger charge is -2.48. The van der Waals surface area contributed by atoms with Crippen molar-refractivity contribution in [1.29, 1.82) is 0 Å². The van der Waals surface area contributed by atoms with Gasteiger partial charge in [-0.15, -0.1) is 6.42 Å². The molecule has 4 aromatic carbocycles. The van der Waals surface area contributed by atoms with Crippen LogP contribution in [0.15, 0.2) is 127 Å². The number of aliphatic imine (C=N–C) groups is 4. The van der Waals surface area contributed by atoms with Crippen LogP contribution >= 0.6 is 0 Å². The smallest absolute Gasteiger partial charge is 0.472 e. The first-order valence-corrected chi connectivity index (χ1v) is 32.0. The fraction of sp³-hybridized carbons (Fsp3) is 0.333. The van der Waals surface area contributed by atoms with Crippen LogP contribution < -0.4 is 11.0 Å². The second-order valence-corrected chi connectivity index (χ2v) is 32.1. The molecule has 0 radical (unpaired) electrons. The summed E-state index contributed by atoms with van der Waals surface area (Å²) in [6, 6.07) is 32.8. The molecule has 6 aromatic rings. The Bertz CT molecular complexity index is 3580. The Balaban J connectivity index is 1.43. The Morgan fingerprint density at radius 1 is 0.480 bits per heavy atom. The molecule has 0 fully saturated rings. The van der Waals surface area contributed by atoms with Crippen molar-refractivity contribution in [3.8, 4) is 48.1 Å². The lowest BCUT2D eigenvalue weighted by molar-refractivity contribution is 0.176. The summed E-state index contributed by atoms with van der Waals surface area (Å²) in [5.41, 5.74) is 3.83. The lowest BCUT2D eigenvalue weighted by atomic mass is 10.1. The van der Waals surface area contributed by atoms with Crippen LogP contribution in [-0.2, 0) is 17.1 Å². The molecule has 0 spiro atoms. The van der Waals surface area contributed by atoms with E-state index in [1.54, 1.807) is 0 Å². The summed E-state index contributed by atoms with van der Waals surface area (Å²) in [4.78, 5) is 33.5. The third-order valence-electron chi connectivity index (χ3n) is 14.5. The Hall–Kier alpha value is -7.19. The van der Waals surface area contributed by atoms with Gasteiger partial charge in [0.1, 0.15) is 28.7 Å². The minimum Gasteiger partial charge on any atom is -0.472 e. The highest BCUT2D eigenvalue weighted by molar-refractivity contribution is 6.87. The molecule has 6 bridgehead atoms. The largest absolute Gasteiger partial charge is 0.586 e. The van der Waals surface area contributed by atoms with Crippen molar-refractivity contribution in [1.82, 2.24) is 8.47 Å². The van der Waals surface area contributed by atoms with Gasteiger partial charge in [0, 0.05) is 79.2 Å². The van der Waals surface area contributed by atoms with Gasteiger partial charge in [-0.25, -0.2) is 30.0 Å². The Labute approximate surface area is 443 Å². The summed E-state index contributed by atoms with van der Waals surface area (Å²) < 4.78 is 36.5. The van der Waals surface area contributed by atoms with E-state index in [9.17, 15) is 0 Å². The molecule has 1 atom stereocenters. The Kier molecular flexibility index (Phi) is 14.5. The zero-order valence-corrected chi connectivity index (χ0v) is 47.3. The van der Waals surface area contributed by atoms with Crippen molar-refractivity contribution in [2.45, 2.75) is 123 Å². The van der Waals surface area contributed by atoms with Crippen LogP contribution in [-0.4, -0.2) is 64.4 Å². The molecule has 2 aromatic heterocycles. The minimum atomic E-state index is -4.86. The van der Waals surface area contributed by atoms with Gasteiger partial charge in [0.25, 0.3) is 0 Å². The van der Waals surface area contributed by atoms with Gasteiger partial charge in [0.2, 0.25) is 0 Å². The molecule has 15 heteroatoms. The van der Waals surface area contributed by atoms with Crippen LogP contribution in [0.5, 0.6) is 0 Å². The van der Waals surface area contributed by atoms with Gasteiger partial charge < -0.3 is 17.1 Å². The van der Waals surface area contributed by atoms with E-state index in [-0.39, 0.29) is 22.2 Å². The van der Waals surface area contributed by atoms with E-state index < -0.39 is 26.0 Å². The number of terminal acetylenes is 1. The van der Waals surface area contributed by atoms with Gasteiger partial charge in [0.15, 0.2) is 23.3 Å². The van der Waals surface area contributed by atoms with Crippen LogP contribution in [0.1, 0.15) is 123 Å². The molecule has 0 saturated carbocycles. The Morgan fingerprint density at radius 2 is 0.893 bits per heavy atom. The first kappa shape index (κ1) is 51.3. The number of rotatable bonds is 17. The number of amidine groups is 4. The zero-order valence-electron chi connectivity index (χ0n) is 44.3. The molecule has 10 rings (SSSR count). The molecule has 378 valence electrons. The molecule has 6 heterocycles. The summed E-state index contributed by atoms with van der Waals surface area (Å²) in [5.74, 6) is 19.1. The average Bonchev–Trinajstić information content (AvgIpc) is 4.20. The van der Waals surface area contributed by atoms with E-state index in [2.05, 4.69) is 161 Å². The number of fused-ring (bicyclic) bond motifs is 14. The SMILES string of the molecule is C#CC#CC#CC#CO[Si](O[Si]1(O[Si](OCCCCCCCC)(C(C)C)C(C)C)n2c3c4ccccc4c2/N=C2N=C(/N=c4/c5ccccc5/c(n41)=N/C1=NC(=N\3)/c3ccccc31)c1ccccc1\2)(C(C)C)C(C)C. The van der Waals surface area contributed by atoms with Crippen LogP contribution in [0.25, 0.3) is 21.5 Å². The van der Waals surface area contributed by atoms with Crippen molar-refractivity contribution < 1.29 is 17.1 Å². The minimum absolute atomic E-state index is 0.0990. The van der Waals surface area contributed by atoms with E-state index in [0.29, 0.717) is 52.6 Å². The van der Waals surface area contributed by atoms with E-state index >= 15 is 0 Å². The molecule has 0 aliphatic carbocycles. The van der Waals surface area contributed by atoms with E-state index in [0.717, 1.165) is 63.1 Å². The third-order valence-corrected chi connectivity index (χ3v) is 28.7. The molecule has 1 unspecified atom stereocenters. The predicted molar refractivity (Wildman–Crippen MR) is 308 cm³/mol. The normalized spacial score (nSPS) is 18.3. The number of nitrogens with zero attached hydrogens (tertiary/aromatic N) is 8. The highest BCUT2D eigenvalue weighted by atomic mass is 28.5. The van der Waals surface area contributed by atoms with Crippen LogP contribution in [0, 0.1) is 48.1 Å². The highest BCUT2D eigenvalue weighted by Crippen LogP contribution is 2.49. The molecule has 4 aliphatic heterocycles. The van der Waals surface area contributed by atoms with Crippen molar-refractivity contribution >= 4 is 82.5 Å². The monoisotopic (exact) mass is 1040 g/mol. The predicted octanol–water partition coefficient (Wildman–Crippen LogP) is 11.9. The first-order valence-electron chi connectivity index (χ1n) is 26.3. The number of hydrogen-bond donors (Lipinski definition) is 0. The van der Waals surface area contributed by atoms with E-state index in [4.69, 9.17) is 53.5 Å². The molecule has 0 amide bonds. The van der Waals surface area contributed by atoms with E-state index in [1.807, 2.05) is 48.5 Å². The molecule has 12 nitrogen and oxygen atoms in total. The van der Waals surface area contributed by atoms with Gasteiger partial charge in [-0.2, -0.15) is 0 Å². The maximum Gasteiger partial charge on any atom is 0.586 e. The molecular formula is C60H62N8O4Si3. The summed E-state index contributed by atoms with van der Waals surface area (Å²) in [6.45, 7) is 20.2. The van der Waals surface area contributed by atoms with Gasteiger partial charge in [0.05, 0.1) is 0 Å². The Morgan fingerprint density at radius 3 is 1.37 bits per heavy atom. The van der Waals surface area contributed by atoms with Gasteiger partial charge in [-0.05, 0) is 35.3 Å². The molecule has 0 N–H and O–H groups in total. The number of benzene rings is 4. The molecule has 4 aliphatic rings. The second-order valence-electron chi connectivity index (χ2n) is 20.5. The first-order chi connectivity index (χ1) is 36.4. The summed E-state index contributed by atoms with van der Waals surface area (Å²) in [7, 11) is -12.3. The highest BCUT2D eigenvalue weighted by Gasteiger charge is 2.66. The fourth-order valence-electron chi connectivity index (χ4n) is 10.9. The number of unbranched alkanes of at least 4 members (excludes halogenated alkanes) is 5. The number of hydrogen-bond acceptors (Lipinski definition) is 10. The van der Waals surface area contributed by atoms with Crippen molar-refractivity contribution in [3.63, 3.8) is 0 Å². The maximum atomic E-state index is 8.76. The maximum absolute atomic E-state index is 8.76. The van der Waals surface area contributed by atoms with Gasteiger partial charge in [-0.1, -0.05) is 191 Å². The lowest BCUT2D eigenvalue weighted by Crippen LogP contribution is -2.74. The van der Waals surface area contributed by atoms with Crippen molar-refractivity contribution in [3.05, 3.63) is 130 Å². The molecule has 0 saturated heterocycles.